The van der Waals surface area contributed by atoms with Crippen molar-refractivity contribution in [2.75, 3.05) is 10.6 Å². The SMILES string of the molecule is O=C(Nc1noc(NC(=O)C23CC4CC(CC(C4)C2)C3)n1)C12CC3CC(CC(C3)C1)C2. The number of hydrogen-bond acceptors (Lipinski definition) is 5. The lowest BCUT2D eigenvalue weighted by atomic mass is 9.49. The Morgan fingerprint density at radius 2 is 1.06 bits per heavy atom. The first-order valence-electron chi connectivity index (χ1n) is 12.4. The van der Waals surface area contributed by atoms with Gasteiger partial charge in [-0.2, -0.15) is 4.98 Å². The second-order valence-corrected chi connectivity index (χ2v) is 12.2. The summed E-state index contributed by atoms with van der Waals surface area (Å²) in [5.74, 6) is 4.49. The van der Waals surface area contributed by atoms with E-state index in [1.54, 1.807) is 0 Å². The molecule has 0 aromatic carbocycles. The third-order valence-electron chi connectivity index (χ3n) is 9.91. The van der Waals surface area contributed by atoms with Gasteiger partial charge in [0.2, 0.25) is 11.8 Å². The minimum atomic E-state index is -0.258. The van der Waals surface area contributed by atoms with Crippen molar-refractivity contribution in [3.8, 4) is 0 Å². The molecule has 1 aromatic heterocycles. The first-order valence-corrected chi connectivity index (χ1v) is 12.4. The van der Waals surface area contributed by atoms with Crippen LogP contribution in [0.2, 0.25) is 0 Å². The van der Waals surface area contributed by atoms with Gasteiger partial charge < -0.3 is 4.52 Å². The van der Waals surface area contributed by atoms with Crippen molar-refractivity contribution in [3.05, 3.63) is 0 Å². The van der Waals surface area contributed by atoms with Crippen LogP contribution in [0.1, 0.15) is 77.0 Å². The molecule has 0 unspecified atom stereocenters. The van der Waals surface area contributed by atoms with Gasteiger partial charge in [-0.25, -0.2) is 0 Å². The summed E-state index contributed by atoms with van der Waals surface area (Å²) >= 11 is 0. The van der Waals surface area contributed by atoms with E-state index in [-0.39, 0.29) is 34.6 Å². The van der Waals surface area contributed by atoms with Crippen LogP contribution in [0.4, 0.5) is 12.0 Å². The fourth-order valence-electron chi connectivity index (χ4n) is 9.57. The molecular weight excluding hydrogens is 392 g/mol. The number of anilines is 2. The van der Waals surface area contributed by atoms with Crippen LogP contribution in [0.25, 0.3) is 0 Å². The zero-order chi connectivity index (χ0) is 20.8. The monoisotopic (exact) mass is 424 g/mol. The highest BCUT2D eigenvalue weighted by Gasteiger charge is 2.56. The van der Waals surface area contributed by atoms with E-state index in [4.69, 9.17) is 4.52 Å². The molecule has 0 atom stereocenters. The van der Waals surface area contributed by atoms with Crippen molar-refractivity contribution in [2.45, 2.75) is 77.0 Å². The van der Waals surface area contributed by atoms with Gasteiger partial charge in [0.1, 0.15) is 0 Å². The minimum Gasteiger partial charge on any atom is -0.313 e. The Labute approximate surface area is 182 Å². The van der Waals surface area contributed by atoms with Gasteiger partial charge in [-0.1, -0.05) is 0 Å². The average molecular weight is 425 g/mol. The zero-order valence-electron chi connectivity index (χ0n) is 18.1. The molecule has 7 nitrogen and oxygen atoms in total. The summed E-state index contributed by atoms with van der Waals surface area (Å²) < 4.78 is 5.31. The molecule has 2 amide bonds. The lowest BCUT2D eigenvalue weighted by Gasteiger charge is -2.55. The molecule has 8 aliphatic carbocycles. The van der Waals surface area contributed by atoms with Crippen LogP contribution in [-0.2, 0) is 9.59 Å². The molecule has 8 bridgehead atoms. The number of nitrogens with zero attached hydrogens (tertiary/aromatic N) is 2. The number of carbonyl (C=O) groups excluding carboxylic acids is 2. The van der Waals surface area contributed by atoms with Crippen molar-refractivity contribution in [1.29, 1.82) is 0 Å². The fraction of sp³-hybridized carbons (Fsp3) is 0.833. The Hall–Kier alpha value is -1.92. The predicted octanol–water partition coefficient (Wildman–Crippen LogP) is 4.38. The lowest BCUT2D eigenvalue weighted by molar-refractivity contribution is -0.141. The topological polar surface area (TPSA) is 97.1 Å². The highest BCUT2D eigenvalue weighted by atomic mass is 16.5. The van der Waals surface area contributed by atoms with Crippen LogP contribution >= 0.6 is 0 Å². The third-order valence-corrected chi connectivity index (χ3v) is 9.91. The van der Waals surface area contributed by atoms with Gasteiger partial charge in [0.05, 0.1) is 10.8 Å². The van der Waals surface area contributed by atoms with Crippen LogP contribution in [0.3, 0.4) is 0 Å². The van der Waals surface area contributed by atoms with E-state index >= 15 is 0 Å². The Kier molecular flexibility index (Phi) is 3.80. The van der Waals surface area contributed by atoms with Crippen molar-refractivity contribution in [2.24, 2.45) is 46.3 Å². The van der Waals surface area contributed by atoms with Gasteiger partial charge >= 0.3 is 6.01 Å². The molecule has 1 aromatic rings. The molecule has 7 heteroatoms. The van der Waals surface area contributed by atoms with E-state index < -0.39 is 0 Å². The number of carbonyl (C=O) groups is 2. The van der Waals surface area contributed by atoms with Crippen LogP contribution in [0.15, 0.2) is 4.52 Å². The number of aromatic nitrogens is 2. The molecule has 9 rings (SSSR count). The Balaban J connectivity index is 1.03. The van der Waals surface area contributed by atoms with E-state index in [0.29, 0.717) is 35.5 Å². The molecule has 0 aliphatic heterocycles. The van der Waals surface area contributed by atoms with Gasteiger partial charge in [0, 0.05) is 0 Å². The smallest absolute Gasteiger partial charge is 0.313 e. The Morgan fingerprint density at radius 1 is 0.677 bits per heavy atom. The molecule has 31 heavy (non-hydrogen) atoms. The molecular formula is C24H32N4O3. The summed E-state index contributed by atoms with van der Waals surface area (Å²) in [6, 6.07) is 0.113. The average Bonchev–Trinajstić information content (AvgIpc) is 3.12. The molecule has 0 saturated heterocycles. The molecule has 0 radical (unpaired) electrons. The molecule has 166 valence electrons. The van der Waals surface area contributed by atoms with Crippen LogP contribution < -0.4 is 10.6 Å². The highest BCUT2D eigenvalue weighted by Crippen LogP contribution is 2.61. The predicted molar refractivity (Wildman–Crippen MR) is 113 cm³/mol. The maximum atomic E-state index is 13.2. The van der Waals surface area contributed by atoms with Gasteiger partial charge in [0.15, 0.2) is 0 Å². The van der Waals surface area contributed by atoms with E-state index in [9.17, 15) is 9.59 Å². The zero-order valence-corrected chi connectivity index (χ0v) is 18.1. The summed E-state index contributed by atoms with van der Waals surface area (Å²) in [5, 5.41) is 9.77. The van der Waals surface area contributed by atoms with Gasteiger partial charge in [-0.15, -0.1) is 0 Å². The van der Waals surface area contributed by atoms with Crippen LogP contribution in [0.5, 0.6) is 0 Å². The Morgan fingerprint density at radius 3 is 1.48 bits per heavy atom. The molecule has 0 spiro atoms. The Bertz CT molecular complexity index is 794. The molecule has 1 heterocycles. The third kappa shape index (κ3) is 2.91. The summed E-state index contributed by atoms with van der Waals surface area (Å²) in [5.41, 5.74) is -0.510. The number of nitrogens with one attached hydrogen (secondary N) is 2. The maximum Gasteiger partial charge on any atom is 0.329 e. The van der Waals surface area contributed by atoms with Gasteiger partial charge in [-0.3, -0.25) is 20.2 Å². The van der Waals surface area contributed by atoms with E-state index in [2.05, 4.69) is 20.8 Å². The summed E-state index contributed by atoms with van der Waals surface area (Å²) in [7, 11) is 0. The van der Waals surface area contributed by atoms with Crippen molar-refractivity contribution in [3.63, 3.8) is 0 Å². The maximum absolute atomic E-state index is 13.2. The van der Waals surface area contributed by atoms with Crippen molar-refractivity contribution in [1.82, 2.24) is 10.1 Å². The second kappa shape index (κ2) is 6.32. The van der Waals surface area contributed by atoms with E-state index in [0.717, 1.165) is 38.5 Å². The number of amides is 2. The van der Waals surface area contributed by atoms with Crippen molar-refractivity contribution >= 4 is 23.8 Å². The summed E-state index contributed by atoms with van der Waals surface area (Å²) in [4.78, 5) is 30.7. The minimum absolute atomic E-state index is 0.0363. The first kappa shape index (κ1) is 18.6. The molecule has 2 N–H and O–H groups in total. The lowest BCUT2D eigenvalue weighted by Crippen LogP contribution is -2.52. The molecule has 8 aliphatic rings. The van der Waals surface area contributed by atoms with Crippen LogP contribution in [-0.4, -0.2) is 22.0 Å². The van der Waals surface area contributed by atoms with E-state index in [1.165, 1.54) is 38.5 Å². The molecule has 8 fully saturated rings. The van der Waals surface area contributed by atoms with E-state index in [1.807, 2.05) is 0 Å². The van der Waals surface area contributed by atoms with Gasteiger partial charge in [0.25, 0.3) is 5.95 Å². The number of hydrogen-bond donors (Lipinski definition) is 2. The highest BCUT2D eigenvalue weighted by molar-refractivity contribution is 5.95. The number of rotatable bonds is 4. The fourth-order valence-corrected chi connectivity index (χ4v) is 9.57. The van der Waals surface area contributed by atoms with Gasteiger partial charge in [-0.05, 0) is 118 Å². The summed E-state index contributed by atoms with van der Waals surface area (Å²) in [6.45, 7) is 0. The standard InChI is InChI=1S/C24H32N4O3/c29-19(23-7-13-1-14(8-23)3-15(2-13)9-23)25-21-27-22(31-28-21)26-20(30)24-10-16-4-17(11-24)6-18(5-16)12-24/h13-18H,1-12H2,(H2,25,26,27,28,29,30). The largest absolute Gasteiger partial charge is 0.329 e. The van der Waals surface area contributed by atoms with Crippen LogP contribution in [0, 0.1) is 46.3 Å². The second-order valence-electron chi connectivity index (χ2n) is 12.2. The summed E-state index contributed by atoms with van der Waals surface area (Å²) in [6.07, 6.45) is 13.8. The first-order chi connectivity index (χ1) is 15.0. The normalized spacial score (nSPS) is 46.3. The van der Waals surface area contributed by atoms with Crippen molar-refractivity contribution < 1.29 is 14.1 Å². The quantitative estimate of drug-likeness (QED) is 0.748. The molecule has 8 saturated carbocycles.